The molecule has 5 nitrogen and oxygen atoms in total. The van der Waals surface area contributed by atoms with Gasteiger partial charge >= 0.3 is 5.97 Å². The lowest BCUT2D eigenvalue weighted by Gasteiger charge is -2.29. The molecule has 2 aromatic carbocycles. The Morgan fingerprint density at radius 2 is 1.64 bits per heavy atom. The van der Waals surface area contributed by atoms with Gasteiger partial charge in [-0.15, -0.1) is 0 Å². The first-order chi connectivity index (χ1) is 11.9. The van der Waals surface area contributed by atoms with Crippen LogP contribution in [0.25, 0.3) is 0 Å². The summed E-state index contributed by atoms with van der Waals surface area (Å²) in [5.41, 5.74) is -1.04. The quantitative estimate of drug-likeness (QED) is 0.641. The highest BCUT2D eigenvalue weighted by Gasteiger charge is 2.46. The molecule has 0 aromatic heterocycles. The number of benzene rings is 2. The van der Waals surface area contributed by atoms with Crippen LogP contribution in [0.4, 0.5) is 0 Å². The third-order valence-corrected chi connectivity index (χ3v) is 4.22. The molecule has 0 bridgehead atoms. The van der Waals surface area contributed by atoms with Crippen LogP contribution in [0.3, 0.4) is 0 Å². The minimum Gasteiger partial charge on any atom is -0.479 e. The van der Waals surface area contributed by atoms with Gasteiger partial charge in [-0.25, -0.2) is 4.79 Å². The number of aryl methyl sites for hydroxylation is 1. The number of aliphatic hydroxyl groups is 2. The Labute approximate surface area is 146 Å². The highest BCUT2D eigenvalue weighted by Crippen LogP contribution is 2.28. The summed E-state index contributed by atoms with van der Waals surface area (Å²) in [5, 5.41) is 30.3. The number of aliphatic hydroxyl groups excluding tert-OH is 1. The number of ketones is 1. The smallest absolute Gasteiger partial charge is 0.343 e. The zero-order valence-electron chi connectivity index (χ0n) is 14.1. The van der Waals surface area contributed by atoms with E-state index >= 15 is 0 Å². The van der Waals surface area contributed by atoms with Gasteiger partial charge in [0, 0.05) is 12.0 Å². The molecule has 0 aliphatic rings. The van der Waals surface area contributed by atoms with Crippen molar-refractivity contribution in [1.29, 1.82) is 0 Å². The predicted molar refractivity (Wildman–Crippen MR) is 93.4 cm³/mol. The number of rotatable bonds is 8. The average molecular weight is 342 g/mol. The summed E-state index contributed by atoms with van der Waals surface area (Å²) in [6.07, 6.45) is -0.362. The van der Waals surface area contributed by atoms with Gasteiger partial charge in [-0.3, -0.25) is 4.79 Å². The van der Waals surface area contributed by atoms with Crippen LogP contribution in [0, 0.1) is 0 Å². The largest absolute Gasteiger partial charge is 0.479 e. The van der Waals surface area contributed by atoms with Crippen molar-refractivity contribution in [3.05, 3.63) is 71.3 Å². The van der Waals surface area contributed by atoms with E-state index in [1.54, 1.807) is 30.3 Å². The van der Waals surface area contributed by atoms with Crippen LogP contribution in [0.5, 0.6) is 0 Å². The van der Waals surface area contributed by atoms with Gasteiger partial charge in [-0.1, -0.05) is 67.9 Å². The van der Waals surface area contributed by atoms with Crippen LogP contribution in [0.2, 0.25) is 0 Å². The van der Waals surface area contributed by atoms with E-state index in [1.165, 1.54) is 12.1 Å². The number of aliphatic carboxylic acids is 1. The number of Topliss-reactive ketones (excluding diaryl/α,β-unsaturated/α-hetero) is 1. The first-order valence-corrected chi connectivity index (χ1v) is 8.21. The minimum absolute atomic E-state index is 0.0288. The normalized spacial score (nSPS) is 14.5. The first-order valence-electron chi connectivity index (χ1n) is 8.21. The zero-order valence-corrected chi connectivity index (χ0v) is 14.1. The topological polar surface area (TPSA) is 94.8 Å². The van der Waals surface area contributed by atoms with Gasteiger partial charge < -0.3 is 15.3 Å². The number of carboxylic acid groups (broad SMARTS) is 1. The maximum Gasteiger partial charge on any atom is 0.343 e. The van der Waals surface area contributed by atoms with E-state index in [-0.39, 0.29) is 5.56 Å². The van der Waals surface area contributed by atoms with Crippen molar-refractivity contribution in [3.63, 3.8) is 0 Å². The summed E-state index contributed by atoms with van der Waals surface area (Å²) in [7, 11) is 0. The first kappa shape index (κ1) is 18.8. The minimum atomic E-state index is -2.54. The van der Waals surface area contributed by atoms with Crippen molar-refractivity contribution in [3.8, 4) is 0 Å². The molecule has 3 N–H and O–H groups in total. The monoisotopic (exact) mass is 342 g/mol. The van der Waals surface area contributed by atoms with Crippen molar-refractivity contribution in [1.82, 2.24) is 0 Å². The molecular weight excluding hydrogens is 320 g/mol. The molecule has 0 fully saturated rings. The van der Waals surface area contributed by atoms with Gasteiger partial charge in [-0.05, 0) is 17.5 Å². The summed E-state index contributed by atoms with van der Waals surface area (Å²) in [5.74, 6) is -2.02. The Hall–Kier alpha value is -2.50. The third-order valence-electron chi connectivity index (χ3n) is 4.22. The molecule has 2 aromatic rings. The van der Waals surface area contributed by atoms with E-state index < -0.39 is 29.9 Å². The van der Waals surface area contributed by atoms with Crippen molar-refractivity contribution >= 4 is 11.8 Å². The van der Waals surface area contributed by atoms with Crippen LogP contribution in [0.1, 0.15) is 41.3 Å². The molecule has 0 spiro atoms. The van der Waals surface area contributed by atoms with Crippen molar-refractivity contribution in [2.75, 3.05) is 0 Å². The number of hydrogen-bond acceptors (Lipinski definition) is 4. The molecule has 0 aliphatic carbocycles. The molecule has 2 rings (SSSR count). The molecule has 2 unspecified atom stereocenters. The van der Waals surface area contributed by atoms with Crippen molar-refractivity contribution in [2.24, 2.45) is 0 Å². The van der Waals surface area contributed by atoms with Crippen molar-refractivity contribution in [2.45, 2.75) is 37.9 Å². The van der Waals surface area contributed by atoms with Crippen molar-refractivity contribution < 1.29 is 24.9 Å². The second kappa shape index (κ2) is 8.05. The van der Waals surface area contributed by atoms with Gasteiger partial charge in [0.1, 0.15) is 6.10 Å². The number of carboxylic acids is 1. The van der Waals surface area contributed by atoms with E-state index in [0.717, 1.165) is 18.4 Å². The van der Waals surface area contributed by atoms with Crippen LogP contribution >= 0.6 is 0 Å². The lowest BCUT2D eigenvalue weighted by atomic mass is 9.85. The van der Waals surface area contributed by atoms with E-state index in [0.29, 0.717) is 5.56 Å². The summed E-state index contributed by atoms with van der Waals surface area (Å²) in [6.45, 7) is 2.06. The molecule has 0 saturated heterocycles. The van der Waals surface area contributed by atoms with Gasteiger partial charge in [0.25, 0.3) is 0 Å². The van der Waals surface area contributed by atoms with Gasteiger partial charge in [0.05, 0.1) is 0 Å². The Balaban J connectivity index is 2.19. The lowest BCUT2D eigenvalue weighted by molar-refractivity contribution is -0.173. The lowest BCUT2D eigenvalue weighted by Crippen LogP contribution is -2.47. The van der Waals surface area contributed by atoms with Gasteiger partial charge in [0.2, 0.25) is 5.60 Å². The fourth-order valence-corrected chi connectivity index (χ4v) is 2.74. The molecular formula is C20H22O5. The molecule has 0 aliphatic heterocycles. The Bertz CT molecular complexity index is 724. The van der Waals surface area contributed by atoms with Crippen LogP contribution in [-0.2, 0) is 16.8 Å². The van der Waals surface area contributed by atoms with Crippen LogP contribution < -0.4 is 0 Å². The molecule has 25 heavy (non-hydrogen) atoms. The zero-order chi connectivity index (χ0) is 18.4. The Kier molecular flexibility index (Phi) is 6.07. The molecule has 0 radical (unpaired) electrons. The molecule has 2 atom stereocenters. The van der Waals surface area contributed by atoms with Crippen LogP contribution in [0.15, 0.2) is 54.6 Å². The van der Waals surface area contributed by atoms with Gasteiger partial charge in [-0.2, -0.15) is 0 Å². The second-order valence-electron chi connectivity index (χ2n) is 6.03. The summed E-state index contributed by atoms with van der Waals surface area (Å²) in [6, 6.07) is 14.6. The highest BCUT2D eigenvalue weighted by molar-refractivity contribution is 5.97. The summed E-state index contributed by atoms with van der Waals surface area (Å²) < 4.78 is 0. The van der Waals surface area contributed by atoms with E-state index in [4.69, 9.17) is 0 Å². The predicted octanol–water partition coefficient (Wildman–Crippen LogP) is 2.55. The van der Waals surface area contributed by atoms with E-state index in [9.17, 15) is 24.9 Å². The molecule has 0 heterocycles. The third kappa shape index (κ3) is 4.13. The number of carbonyl (C=O) groups excluding carboxylic acids is 1. The van der Waals surface area contributed by atoms with Crippen LogP contribution in [-0.4, -0.2) is 33.2 Å². The maximum atomic E-state index is 12.4. The van der Waals surface area contributed by atoms with E-state index in [2.05, 4.69) is 6.92 Å². The number of carbonyl (C=O) groups is 2. The van der Waals surface area contributed by atoms with E-state index in [1.807, 2.05) is 12.1 Å². The Morgan fingerprint density at radius 1 is 1.04 bits per heavy atom. The molecule has 0 saturated carbocycles. The standard InChI is InChI=1S/C20H22O5/c1-2-6-14-9-11-15(12-10-14)17(21)13-18(22)20(25,19(23)24)16-7-4-3-5-8-16/h3-5,7-12,18,22,25H,2,6,13H2,1H3,(H,23,24). The Morgan fingerprint density at radius 3 is 2.16 bits per heavy atom. The average Bonchev–Trinajstić information content (AvgIpc) is 2.62. The summed E-state index contributed by atoms with van der Waals surface area (Å²) in [4.78, 5) is 23.9. The fraction of sp³-hybridized carbons (Fsp3) is 0.300. The van der Waals surface area contributed by atoms with Gasteiger partial charge in [0.15, 0.2) is 5.78 Å². The molecule has 0 amide bonds. The summed E-state index contributed by atoms with van der Waals surface area (Å²) >= 11 is 0. The maximum absolute atomic E-state index is 12.4. The number of hydrogen-bond donors (Lipinski definition) is 3. The fourth-order valence-electron chi connectivity index (χ4n) is 2.74. The highest BCUT2D eigenvalue weighted by atomic mass is 16.4. The SMILES string of the molecule is CCCc1ccc(C(=O)CC(O)C(O)(C(=O)O)c2ccccc2)cc1. The molecule has 132 valence electrons. The second-order valence-corrected chi connectivity index (χ2v) is 6.03. The molecule has 5 heteroatoms.